The molecule has 3 aromatic carbocycles. The molecular formula is C61H94N10O10. The Bertz CT molecular complexity index is 2450. The van der Waals surface area contributed by atoms with E-state index in [0.29, 0.717) is 63.3 Å². The van der Waals surface area contributed by atoms with Crippen LogP contribution in [0, 0.1) is 5.92 Å². The molecule has 9 rings (SSSR count). The number of anilines is 2. The maximum absolute atomic E-state index is 13.0. The molecule has 2 saturated carbocycles. The van der Waals surface area contributed by atoms with Crippen molar-refractivity contribution in [1.29, 1.82) is 0 Å². The van der Waals surface area contributed by atoms with E-state index in [4.69, 9.17) is 15.6 Å². The lowest BCUT2D eigenvalue weighted by atomic mass is 9.83. The molecule has 5 atom stereocenters. The van der Waals surface area contributed by atoms with E-state index in [0.717, 1.165) is 70.0 Å². The summed E-state index contributed by atoms with van der Waals surface area (Å²) in [5.41, 5.74) is 10.4. The van der Waals surface area contributed by atoms with Gasteiger partial charge in [0.25, 0.3) is 10.9 Å². The standard InChI is InChI=1S/C20H25N3O5.C16H28N4O3.C10H19N3O2.C9H10.C6H12/c24-9-3-7-21-17-18(20(27)19(17)26)22-8-4-10-28-15-11-13-5-1-2-6-14(13)16(15)23-12-25;1-18-10-13(21)19-14(11-6-3-2-4-7-11)16(23)20-9-5-8-12(20)15(17)22;1-8(11-2)10(15)12-7-9(14)13-5-3-4-6-13;1-2-5-9-7-3-6-8(9)4-1;1-2-4-6-5-3-1/h1-2,5-6,12,15-16,21-22,24H,3-4,7-11H2,(H,23,25);11-12,14,18H,2-10H2,1H3,(H2,17,22)(H,19,21);8,11H,3-7H2,1-2H3,(H,12,15);1-2,4-5H,3,6-7H2;1-6H2. The SMILES string of the molecule is C1CCCCC1.CNC(C)C(=O)NCC(=O)N1CCCC1.CNCC(=O)NC(C(=O)N1CCCC1C(N)=O)C1CCCCC1.O=CNC1c2ccccc2CC1OCCCNc1c(NCCCO)c(=O)c1=O.c1ccc2c(c1)CCC2. The quantitative estimate of drug-likeness (QED) is 0.0392. The molecule has 10 N–H and O–H groups in total. The van der Waals surface area contributed by atoms with Gasteiger partial charge in [-0.25, -0.2) is 0 Å². The first kappa shape index (κ1) is 65.6. The van der Waals surface area contributed by atoms with Crippen LogP contribution in [0.25, 0.3) is 0 Å². The smallest absolute Gasteiger partial charge is 0.253 e. The molecule has 81 heavy (non-hydrogen) atoms. The first-order valence-electron chi connectivity index (χ1n) is 30.0. The Kier molecular flexibility index (Phi) is 29.4. The average Bonchev–Trinajstić information content (AvgIpc) is 4.41. The number of primary amides is 1. The predicted molar refractivity (Wildman–Crippen MR) is 316 cm³/mol. The fourth-order valence-corrected chi connectivity index (χ4v) is 11.4. The van der Waals surface area contributed by atoms with Crippen LogP contribution in [-0.4, -0.2) is 148 Å². The van der Waals surface area contributed by atoms with Crippen LogP contribution in [0.3, 0.4) is 0 Å². The third kappa shape index (κ3) is 20.9. The van der Waals surface area contributed by atoms with Gasteiger partial charge in [-0.1, -0.05) is 106 Å². The fraction of sp³-hybridized carbons (Fsp3) is 0.639. The van der Waals surface area contributed by atoms with Gasteiger partial charge in [0.15, 0.2) is 0 Å². The summed E-state index contributed by atoms with van der Waals surface area (Å²) in [6, 6.07) is 15.2. The summed E-state index contributed by atoms with van der Waals surface area (Å²) in [5.74, 6) is -0.769. The Morgan fingerprint density at radius 2 is 1.31 bits per heavy atom. The van der Waals surface area contributed by atoms with Gasteiger partial charge in [0, 0.05) is 52.4 Å². The zero-order valence-corrected chi connectivity index (χ0v) is 48.5. The lowest BCUT2D eigenvalue weighted by Gasteiger charge is -2.34. The van der Waals surface area contributed by atoms with Crippen LogP contribution in [0.4, 0.5) is 11.4 Å². The summed E-state index contributed by atoms with van der Waals surface area (Å²) in [5, 5.41) is 28.6. The molecule has 6 amide bonds. The third-order valence-electron chi connectivity index (χ3n) is 16.0. The van der Waals surface area contributed by atoms with Crippen molar-refractivity contribution in [3.8, 4) is 0 Å². The highest BCUT2D eigenvalue weighted by Gasteiger charge is 2.40. The van der Waals surface area contributed by atoms with Crippen molar-refractivity contribution in [2.75, 3.05) is 83.8 Å². The number of hydrogen-bond donors (Lipinski definition) is 9. The van der Waals surface area contributed by atoms with E-state index in [1.807, 2.05) is 24.3 Å². The van der Waals surface area contributed by atoms with Crippen LogP contribution in [0.1, 0.15) is 151 Å². The number of hydrogen-bond acceptors (Lipinski definition) is 14. The highest BCUT2D eigenvalue weighted by atomic mass is 16.5. The van der Waals surface area contributed by atoms with Crippen LogP contribution < -0.4 is 53.8 Å². The number of nitrogens with two attached hydrogens (primary N) is 1. The second-order valence-electron chi connectivity index (χ2n) is 21.9. The third-order valence-corrected chi connectivity index (χ3v) is 16.0. The van der Waals surface area contributed by atoms with Crippen molar-refractivity contribution >= 4 is 47.3 Å². The number of benzene rings is 2. The van der Waals surface area contributed by atoms with Gasteiger partial charge in [0.2, 0.25) is 35.9 Å². The molecule has 20 nitrogen and oxygen atoms in total. The van der Waals surface area contributed by atoms with E-state index >= 15 is 0 Å². The number of nitrogens with one attached hydrogen (secondary N) is 7. The molecule has 4 fully saturated rings. The van der Waals surface area contributed by atoms with Gasteiger partial charge < -0.3 is 62.6 Å². The molecule has 2 aliphatic heterocycles. The fourth-order valence-electron chi connectivity index (χ4n) is 11.4. The van der Waals surface area contributed by atoms with Crippen molar-refractivity contribution in [2.45, 2.75) is 172 Å². The zero-order chi connectivity index (χ0) is 58.4. The second-order valence-corrected chi connectivity index (χ2v) is 21.9. The lowest BCUT2D eigenvalue weighted by Crippen LogP contribution is -2.56. The molecule has 2 heterocycles. The highest BCUT2D eigenvalue weighted by Crippen LogP contribution is 2.33. The minimum Gasteiger partial charge on any atom is -0.396 e. The van der Waals surface area contributed by atoms with Crippen LogP contribution in [0.5, 0.6) is 0 Å². The molecule has 3 aromatic rings. The first-order chi connectivity index (χ1) is 39.3. The summed E-state index contributed by atoms with van der Waals surface area (Å²) in [7, 11) is 3.41. The molecule has 2 saturated heterocycles. The van der Waals surface area contributed by atoms with Crippen molar-refractivity contribution in [2.24, 2.45) is 11.7 Å². The number of fused-ring (bicyclic) bond motifs is 2. The maximum Gasteiger partial charge on any atom is 0.253 e. The number of aliphatic hydroxyl groups excluding tert-OH is 1. The Morgan fingerprint density at radius 3 is 1.88 bits per heavy atom. The van der Waals surface area contributed by atoms with E-state index in [-0.39, 0.29) is 67.4 Å². The van der Waals surface area contributed by atoms with Crippen molar-refractivity contribution in [3.05, 3.63) is 91.2 Å². The van der Waals surface area contributed by atoms with Gasteiger partial charge in [0.1, 0.15) is 23.5 Å². The Hall–Kier alpha value is -6.22. The molecule has 0 aromatic heterocycles. The Balaban J connectivity index is 0.000000202. The van der Waals surface area contributed by atoms with Crippen LogP contribution in [0.2, 0.25) is 0 Å². The first-order valence-corrected chi connectivity index (χ1v) is 30.0. The van der Waals surface area contributed by atoms with Crippen molar-refractivity contribution in [3.63, 3.8) is 0 Å². The van der Waals surface area contributed by atoms with E-state index in [9.17, 15) is 38.4 Å². The number of aliphatic hydroxyl groups is 1. The molecule has 4 aliphatic carbocycles. The minimum atomic E-state index is -0.545. The maximum atomic E-state index is 13.0. The molecule has 6 aliphatic rings. The van der Waals surface area contributed by atoms with Crippen LogP contribution >= 0.6 is 0 Å². The molecule has 448 valence electrons. The van der Waals surface area contributed by atoms with E-state index in [1.54, 1.807) is 41.9 Å². The second kappa shape index (κ2) is 36.3. The molecule has 20 heteroatoms. The van der Waals surface area contributed by atoms with Gasteiger partial charge in [-0.05, 0) is 120 Å². The molecule has 0 spiro atoms. The van der Waals surface area contributed by atoms with Gasteiger partial charge >= 0.3 is 0 Å². The number of ether oxygens (including phenoxy) is 1. The number of amides is 6. The van der Waals surface area contributed by atoms with Crippen molar-refractivity contribution < 1.29 is 38.6 Å². The largest absolute Gasteiger partial charge is 0.396 e. The summed E-state index contributed by atoms with van der Waals surface area (Å²) in [6.07, 6.45) is 24.2. The molecule has 0 radical (unpaired) electrons. The van der Waals surface area contributed by atoms with Gasteiger partial charge in [-0.2, -0.15) is 0 Å². The van der Waals surface area contributed by atoms with Crippen molar-refractivity contribution in [1.82, 2.24) is 36.4 Å². The normalized spacial score (nSPS) is 19.7. The number of nitrogens with zero attached hydrogens (tertiary/aromatic N) is 2. The predicted octanol–water partition coefficient (Wildman–Crippen LogP) is 3.90. The Labute approximate surface area is 479 Å². The number of likely N-dealkylation sites (tertiary alicyclic amines) is 2. The highest BCUT2D eigenvalue weighted by molar-refractivity contribution is 5.92. The number of carbonyl (C=O) groups is 6. The van der Waals surface area contributed by atoms with Crippen LogP contribution in [-0.2, 0) is 52.8 Å². The van der Waals surface area contributed by atoms with E-state index < -0.39 is 28.8 Å². The molecular weight excluding hydrogens is 1030 g/mol. The Morgan fingerprint density at radius 1 is 0.728 bits per heavy atom. The number of aryl methyl sites for hydroxylation is 2. The summed E-state index contributed by atoms with van der Waals surface area (Å²) < 4.78 is 5.97. The lowest BCUT2D eigenvalue weighted by molar-refractivity contribution is -0.142. The zero-order valence-electron chi connectivity index (χ0n) is 48.5. The summed E-state index contributed by atoms with van der Waals surface area (Å²) >= 11 is 0. The summed E-state index contributed by atoms with van der Waals surface area (Å²) in [6.45, 7) is 5.66. The molecule has 5 unspecified atom stereocenters. The number of carbonyl (C=O) groups excluding carboxylic acids is 6. The van der Waals surface area contributed by atoms with Gasteiger partial charge in [-0.3, -0.25) is 38.4 Å². The van der Waals surface area contributed by atoms with Gasteiger partial charge in [-0.15, -0.1) is 0 Å². The van der Waals surface area contributed by atoms with E-state index in [2.05, 4.69) is 61.5 Å². The number of rotatable bonds is 22. The van der Waals surface area contributed by atoms with Gasteiger partial charge in [0.05, 0.1) is 31.3 Å². The summed E-state index contributed by atoms with van der Waals surface area (Å²) in [4.78, 5) is 97.0. The topological polar surface area (TPSA) is 283 Å². The average molecular weight is 1130 g/mol. The van der Waals surface area contributed by atoms with E-state index in [1.165, 1.54) is 69.8 Å². The monoisotopic (exact) mass is 1130 g/mol. The van der Waals surface area contributed by atoms with Crippen LogP contribution in [0.15, 0.2) is 58.1 Å². The minimum absolute atomic E-state index is 0.0177. The molecule has 0 bridgehead atoms. The number of likely N-dealkylation sites (N-methyl/N-ethyl adjacent to an activating group) is 2.